The van der Waals surface area contributed by atoms with Crippen molar-refractivity contribution >= 4 is 16.9 Å². The molecule has 96 valence electrons. The van der Waals surface area contributed by atoms with Crippen LogP contribution in [0.3, 0.4) is 0 Å². The van der Waals surface area contributed by atoms with Gasteiger partial charge in [-0.25, -0.2) is 0 Å². The molecule has 1 aromatic carbocycles. The summed E-state index contributed by atoms with van der Waals surface area (Å²) in [6.45, 7) is -0.599. The van der Waals surface area contributed by atoms with E-state index < -0.39 is 18.7 Å². The number of aromatic amines is 1. The molecular weight excluding hydrogens is 234 g/mol. The number of carbonyl (C=O) groups excluding carboxylic acids is 1. The van der Waals surface area contributed by atoms with Gasteiger partial charge in [0.2, 0.25) is 0 Å². The van der Waals surface area contributed by atoms with Crippen LogP contribution in [0.5, 0.6) is 0 Å². The van der Waals surface area contributed by atoms with E-state index in [1.807, 2.05) is 24.3 Å². The zero-order chi connectivity index (χ0) is 13.0. The number of esters is 1. The second-order valence-electron chi connectivity index (χ2n) is 4.06. The van der Waals surface area contributed by atoms with E-state index in [0.29, 0.717) is 0 Å². The maximum atomic E-state index is 11.5. The van der Waals surface area contributed by atoms with Crippen LogP contribution in [0.25, 0.3) is 10.9 Å². The van der Waals surface area contributed by atoms with Gasteiger partial charge < -0.3 is 19.9 Å². The molecule has 0 fully saturated rings. The van der Waals surface area contributed by atoms with Gasteiger partial charge >= 0.3 is 5.97 Å². The van der Waals surface area contributed by atoms with Crippen molar-refractivity contribution in [3.8, 4) is 0 Å². The Labute approximate surface area is 104 Å². The van der Waals surface area contributed by atoms with Gasteiger partial charge in [-0.2, -0.15) is 0 Å². The smallest absolute Gasteiger partial charge is 0.310 e. The number of benzene rings is 1. The van der Waals surface area contributed by atoms with E-state index in [1.54, 1.807) is 6.20 Å². The highest BCUT2D eigenvalue weighted by Crippen LogP contribution is 2.18. The van der Waals surface area contributed by atoms with Crippen LogP contribution in [0, 0.1) is 0 Å². The van der Waals surface area contributed by atoms with Gasteiger partial charge in [0, 0.05) is 17.1 Å². The number of rotatable bonds is 5. The molecule has 0 saturated carbocycles. The Hall–Kier alpha value is -1.85. The number of hydrogen-bond acceptors (Lipinski definition) is 4. The molecule has 1 atom stereocenters. The van der Waals surface area contributed by atoms with Gasteiger partial charge in [-0.3, -0.25) is 4.79 Å². The molecular formula is C13H15NO4. The number of para-hydroxylation sites is 1. The molecule has 0 saturated heterocycles. The Balaban J connectivity index is 1.99. The molecule has 0 spiro atoms. The van der Waals surface area contributed by atoms with Gasteiger partial charge in [-0.15, -0.1) is 0 Å². The summed E-state index contributed by atoms with van der Waals surface area (Å²) in [5.74, 6) is -0.424. The number of carbonyl (C=O) groups is 1. The third-order valence-corrected chi connectivity index (χ3v) is 2.66. The van der Waals surface area contributed by atoms with Gasteiger partial charge in [-0.1, -0.05) is 18.2 Å². The number of aliphatic hydroxyl groups excluding tert-OH is 2. The van der Waals surface area contributed by atoms with Crippen molar-refractivity contribution in [2.75, 3.05) is 13.2 Å². The quantitative estimate of drug-likeness (QED) is 0.678. The third-order valence-electron chi connectivity index (χ3n) is 2.66. The Morgan fingerprint density at radius 2 is 2.17 bits per heavy atom. The third kappa shape index (κ3) is 2.88. The van der Waals surface area contributed by atoms with E-state index in [-0.39, 0.29) is 13.0 Å². The Morgan fingerprint density at radius 1 is 1.39 bits per heavy atom. The molecule has 0 aliphatic heterocycles. The molecule has 1 heterocycles. The van der Waals surface area contributed by atoms with Crippen molar-refractivity contribution in [1.82, 2.24) is 4.98 Å². The standard InChI is InChI=1S/C13H15NO4/c15-7-10(16)8-18-13(17)5-9-6-14-12-4-2-1-3-11(9)12/h1-4,6,10,14-16H,5,7-8H2. The van der Waals surface area contributed by atoms with Crippen molar-refractivity contribution < 1.29 is 19.7 Å². The summed E-state index contributed by atoms with van der Waals surface area (Å²) < 4.78 is 4.85. The second-order valence-corrected chi connectivity index (χ2v) is 4.06. The first kappa shape index (κ1) is 12.6. The fourth-order valence-electron chi connectivity index (χ4n) is 1.73. The minimum Gasteiger partial charge on any atom is -0.463 e. The van der Waals surface area contributed by atoms with Gasteiger partial charge in [-0.05, 0) is 11.6 Å². The van der Waals surface area contributed by atoms with Crippen molar-refractivity contribution in [1.29, 1.82) is 0 Å². The van der Waals surface area contributed by atoms with Crippen molar-refractivity contribution in [2.24, 2.45) is 0 Å². The summed E-state index contributed by atoms with van der Waals surface area (Å²) in [6.07, 6.45) is 0.897. The Kier molecular flexibility index (Phi) is 3.96. The zero-order valence-electron chi connectivity index (χ0n) is 9.80. The monoisotopic (exact) mass is 249 g/mol. The predicted molar refractivity (Wildman–Crippen MR) is 66.1 cm³/mol. The highest BCUT2D eigenvalue weighted by molar-refractivity contribution is 5.87. The molecule has 0 aliphatic rings. The van der Waals surface area contributed by atoms with Crippen LogP contribution < -0.4 is 0 Å². The van der Waals surface area contributed by atoms with Crippen LogP contribution in [-0.2, 0) is 16.0 Å². The Bertz CT molecular complexity index is 535. The van der Waals surface area contributed by atoms with Crippen molar-refractivity contribution in [2.45, 2.75) is 12.5 Å². The van der Waals surface area contributed by atoms with Crippen molar-refractivity contribution in [3.63, 3.8) is 0 Å². The average Bonchev–Trinajstić information content (AvgIpc) is 2.79. The summed E-state index contributed by atoms with van der Waals surface area (Å²) in [6, 6.07) is 7.68. The maximum Gasteiger partial charge on any atom is 0.310 e. The number of nitrogens with one attached hydrogen (secondary N) is 1. The molecule has 1 unspecified atom stereocenters. The number of aliphatic hydroxyl groups is 2. The maximum absolute atomic E-state index is 11.5. The van der Waals surface area contributed by atoms with E-state index in [0.717, 1.165) is 16.5 Å². The fourth-order valence-corrected chi connectivity index (χ4v) is 1.73. The molecule has 18 heavy (non-hydrogen) atoms. The summed E-state index contributed by atoms with van der Waals surface area (Å²) in [5.41, 5.74) is 1.82. The van der Waals surface area contributed by atoms with Gasteiger partial charge in [0.25, 0.3) is 0 Å². The predicted octanol–water partition coefficient (Wildman–Crippen LogP) is 0.607. The molecule has 2 rings (SSSR count). The van der Waals surface area contributed by atoms with Gasteiger partial charge in [0.05, 0.1) is 13.0 Å². The molecule has 5 nitrogen and oxygen atoms in total. The lowest BCUT2D eigenvalue weighted by Gasteiger charge is -2.07. The SMILES string of the molecule is O=C(Cc1c[nH]c2ccccc12)OCC(O)CO. The van der Waals surface area contributed by atoms with E-state index in [1.165, 1.54) is 0 Å². The van der Waals surface area contributed by atoms with E-state index >= 15 is 0 Å². The first-order valence-electron chi connectivity index (χ1n) is 5.70. The molecule has 5 heteroatoms. The number of aromatic nitrogens is 1. The minimum absolute atomic E-state index is 0.141. The van der Waals surface area contributed by atoms with Gasteiger partial charge in [0.1, 0.15) is 12.7 Å². The van der Waals surface area contributed by atoms with E-state index in [4.69, 9.17) is 14.9 Å². The summed E-state index contributed by atoms with van der Waals surface area (Å²) in [4.78, 5) is 14.6. The lowest BCUT2D eigenvalue weighted by Crippen LogP contribution is -2.22. The molecule has 1 aromatic heterocycles. The largest absolute Gasteiger partial charge is 0.463 e. The van der Waals surface area contributed by atoms with Crippen LogP contribution in [0.15, 0.2) is 30.5 Å². The normalized spacial score (nSPS) is 12.6. The van der Waals surface area contributed by atoms with Crippen LogP contribution in [0.2, 0.25) is 0 Å². The minimum atomic E-state index is -1.02. The van der Waals surface area contributed by atoms with Crippen LogP contribution in [0.4, 0.5) is 0 Å². The number of fused-ring (bicyclic) bond motifs is 1. The fraction of sp³-hybridized carbons (Fsp3) is 0.308. The summed E-state index contributed by atoms with van der Waals surface area (Å²) in [5, 5.41) is 18.7. The number of ether oxygens (including phenoxy) is 1. The van der Waals surface area contributed by atoms with Crippen molar-refractivity contribution in [3.05, 3.63) is 36.0 Å². The summed E-state index contributed by atoms with van der Waals surface area (Å²) in [7, 11) is 0. The lowest BCUT2D eigenvalue weighted by atomic mass is 10.1. The topological polar surface area (TPSA) is 82.6 Å². The molecule has 0 amide bonds. The first-order valence-corrected chi connectivity index (χ1v) is 5.70. The highest BCUT2D eigenvalue weighted by atomic mass is 16.5. The van der Waals surface area contributed by atoms with E-state index in [2.05, 4.69) is 4.98 Å². The molecule has 0 radical (unpaired) electrons. The Morgan fingerprint density at radius 3 is 2.94 bits per heavy atom. The van der Waals surface area contributed by atoms with E-state index in [9.17, 15) is 4.79 Å². The number of hydrogen-bond donors (Lipinski definition) is 3. The molecule has 0 aliphatic carbocycles. The van der Waals surface area contributed by atoms with Crippen LogP contribution in [-0.4, -0.2) is 40.5 Å². The second kappa shape index (κ2) is 5.66. The number of H-pyrrole nitrogens is 1. The average molecular weight is 249 g/mol. The summed E-state index contributed by atoms with van der Waals surface area (Å²) >= 11 is 0. The molecule has 0 bridgehead atoms. The van der Waals surface area contributed by atoms with Crippen LogP contribution >= 0.6 is 0 Å². The van der Waals surface area contributed by atoms with Gasteiger partial charge in [0.15, 0.2) is 0 Å². The van der Waals surface area contributed by atoms with Crippen LogP contribution in [0.1, 0.15) is 5.56 Å². The molecule has 3 N–H and O–H groups in total. The lowest BCUT2D eigenvalue weighted by molar-refractivity contribution is -0.146. The first-order chi connectivity index (χ1) is 8.70. The molecule has 2 aromatic rings. The highest BCUT2D eigenvalue weighted by Gasteiger charge is 2.11. The zero-order valence-corrected chi connectivity index (χ0v) is 9.80.